The quantitative estimate of drug-likeness (QED) is 0.182. The number of nitrogens with zero attached hydrogens (tertiary/aromatic N) is 6. The molecule has 4 aromatic rings. The van der Waals surface area contributed by atoms with Crippen LogP contribution in [0.1, 0.15) is 64.2 Å². The summed E-state index contributed by atoms with van der Waals surface area (Å²) in [7, 11) is 0. The van der Waals surface area contributed by atoms with Gasteiger partial charge in [0.25, 0.3) is 0 Å². The fraction of sp³-hybridized carbons (Fsp3) is 0.231. The van der Waals surface area contributed by atoms with Gasteiger partial charge in [0.05, 0.1) is 13.1 Å². The van der Waals surface area contributed by atoms with E-state index in [-0.39, 0.29) is 45.0 Å². The van der Waals surface area contributed by atoms with Crippen molar-refractivity contribution in [2.24, 2.45) is 0 Å². The molecule has 14 heteroatoms. The van der Waals surface area contributed by atoms with Gasteiger partial charge in [0.1, 0.15) is 35.8 Å². The molecule has 2 aliphatic carbocycles. The second kappa shape index (κ2) is 9.46. The molecule has 0 saturated heterocycles. The number of benzene rings is 2. The predicted molar refractivity (Wildman–Crippen MR) is 131 cm³/mol. The summed E-state index contributed by atoms with van der Waals surface area (Å²) in [5.74, 6) is -2.13. The minimum atomic E-state index is -1.96. The summed E-state index contributed by atoms with van der Waals surface area (Å²) >= 11 is 0. The van der Waals surface area contributed by atoms with E-state index in [2.05, 4.69) is 20.6 Å². The molecule has 14 nitrogen and oxygen atoms in total. The minimum Gasteiger partial charge on any atom is -0.388 e. The van der Waals surface area contributed by atoms with Crippen molar-refractivity contribution in [3.63, 3.8) is 0 Å². The Balaban J connectivity index is 1.18. The van der Waals surface area contributed by atoms with Crippen molar-refractivity contribution in [1.82, 2.24) is 30.0 Å². The number of rotatable bonds is 7. The summed E-state index contributed by atoms with van der Waals surface area (Å²) in [5.41, 5.74) is -0.146. The molecular weight excluding hydrogens is 524 g/mol. The summed E-state index contributed by atoms with van der Waals surface area (Å²) in [4.78, 5) is 51.5. The second-order valence-electron chi connectivity index (χ2n) is 9.46. The number of carbonyl (C=O) groups is 4. The first-order valence-corrected chi connectivity index (χ1v) is 12.1. The highest BCUT2D eigenvalue weighted by Gasteiger charge is 2.39. The highest BCUT2D eigenvalue weighted by molar-refractivity contribution is 6.27. The molecule has 2 aromatic carbocycles. The monoisotopic (exact) mass is 544 g/mol. The molecule has 2 aromatic heterocycles. The van der Waals surface area contributed by atoms with Gasteiger partial charge in [-0.2, -0.15) is 0 Å². The van der Waals surface area contributed by atoms with E-state index in [9.17, 15) is 39.6 Å². The summed E-state index contributed by atoms with van der Waals surface area (Å²) < 4.78 is 1.90. The molecule has 0 spiro atoms. The van der Waals surface area contributed by atoms with Crippen molar-refractivity contribution in [2.75, 3.05) is 0 Å². The normalized spacial score (nSPS) is 17.0. The Morgan fingerprint density at radius 3 is 1.23 bits per heavy atom. The van der Waals surface area contributed by atoms with Gasteiger partial charge in [0, 0.05) is 22.3 Å². The fourth-order valence-electron chi connectivity index (χ4n) is 4.93. The van der Waals surface area contributed by atoms with Crippen LogP contribution in [0.2, 0.25) is 0 Å². The Morgan fingerprint density at radius 2 is 0.875 bits per heavy atom. The molecule has 2 aliphatic rings. The molecule has 0 radical (unpaired) electrons. The largest absolute Gasteiger partial charge is 0.388 e. The smallest absolute Gasteiger partial charge is 0.216 e. The lowest BCUT2D eigenvalue weighted by molar-refractivity contribution is -0.112. The van der Waals surface area contributed by atoms with Crippen molar-refractivity contribution < 1.29 is 39.6 Å². The maximum absolute atomic E-state index is 13.0. The lowest BCUT2D eigenvalue weighted by atomic mass is 9.90. The van der Waals surface area contributed by atoms with Crippen LogP contribution in [0.25, 0.3) is 0 Å². The molecule has 0 bridgehead atoms. The molecule has 0 saturated carbocycles. The van der Waals surface area contributed by atoms with E-state index in [1.807, 2.05) is 0 Å². The van der Waals surface area contributed by atoms with Gasteiger partial charge in [-0.25, -0.2) is 9.36 Å². The van der Waals surface area contributed by atoms with Crippen LogP contribution in [0.5, 0.6) is 0 Å². The highest BCUT2D eigenvalue weighted by Crippen LogP contribution is 2.27. The number of hydrogen-bond acceptors (Lipinski definition) is 12. The molecule has 2 heterocycles. The van der Waals surface area contributed by atoms with Crippen LogP contribution in [0, 0.1) is 0 Å². The highest BCUT2D eigenvalue weighted by atomic mass is 16.4. The van der Waals surface area contributed by atoms with Gasteiger partial charge in [0.15, 0.2) is 11.4 Å². The Bertz CT molecular complexity index is 1600. The predicted octanol–water partition coefficient (Wildman–Crippen LogP) is -1.44. The Kier molecular flexibility index (Phi) is 6.03. The van der Waals surface area contributed by atoms with E-state index in [1.54, 1.807) is 24.3 Å². The van der Waals surface area contributed by atoms with Gasteiger partial charge in [0.2, 0.25) is 23.1 Å². The summed E-state index contributed by atoms with van der Waals surface area (Å²) in [6.07, 6.45) is -7.46. The third kappa shape index (κ3) is 3.81. The van der Waals surface area contributed by atoms with Gasteiger partial charge in [-0.15, -0.1) is 10.2 Å². The van der Waals surface area contributed by atoms with Crippen LogP contribution in [0.3, 0.4) is 0 Å². The SMILES string of the molecule is O=C1c2ccccc2C(=O)c2c1nnn2C[C@@H](O)[C@@H](O)[C@H](O)[C@H](O)Cn1nnc2c1C(=O)c1ccccc1C2=O. The average molecular weight is 544 g/mol. The number of fused-ring (bicyclic) bond motifs is 4. The van der Waals surface area contributed by atoms with Crippen molar-refractivity contribution in [1.29, 1.82) is 0 Å². The minimum absolute atomic E-state index is 0.140. The van der Waals surface area contributed by atoms with Crippen LogP contribution in [-0.4, -0.2) is 98.0 Å². The number of aliphatic hydroxyl groups excluding tert-OH is 4. The third-order valence-electron chi connectivity index (χ3n) is 7.02. The molecule has 6 rings (SSSR count). The molecule has 4 atom stereocenters. The van der Waals surface area contributed by atoms with E-state index >= 15 is 0 Å². The summed E-state index contributed by atoms with van der Waals surface area (Å²) in [6.45, 7) is -1.09. The number of aliphatic hydroxyl groups is 4. The fourth-order valence-corrected chi connectivity index (χ4v) is 4.93. The number of ketones is 4. The molecule has 0 fully saturated rings. The molecule has 0 unspecified atom stereocenters. The Hall–Kier alpha value is -4.76. The van der Waals surface area contributed by atoms with Crippen LogP contribution in [-0.2, 0) is 13.1 Å². The molecule has 0 amide bonds. The van der Waals surface area contributed by atoms with Gasteiger partial charge < -0.3 is 20.4 Å². The zero-order valence-electron chi connectivity index (χ0n) is 20.4. The van der Waals surface area contributed by atoms with E-state index in [4.69, 9.17) is 0 Å². The van der Waals surface area contributed by atoms with Crippen LogP contribution in [0.15, 0.2) is 48.5 Å². The van der Waals surface area contributed by atoms with E-state index in [1.165, 1.54) is 24.3 Å². The molecular formula is C26H20N6O8. The zero-order valence-corrected chi connectivity index (χ0v) is 20.4. The zero-order chi connectivity index (χ0) is 28.3. The summed E-state index contributed by atoms with van der Waals surface area (Å²) in [6, 6.07) is 12.3. The molecule has 40 heavy (non-hydrogen) atoms. The topological polar surface area (TPSA) is 211 Å². The van der Waals surface area contributed by atoms with E-state index in [0.29, 0.717) is 0 Å². The lowest BCUT2D eigenvalue weighted by Gasteiger charge is -2.27. The second-order valence-corrected chi connectivity index (χ2v) is 9.46. The first kappa shape index (κ1) is 25.5. The number of hydrogen-bond donors (Lipinski definition) is 4. The van der Waals surface area contributed by atoms with Crippen molar-refractivity contribution in [3.8, 4) is 0 Å². The molecule has 202 valence electrons. The average Bonchev–Trinajstić information content (AvgIpc) is 3.59. The lowest BCUT2D eigenvalue weighted by Crippen LogP contribution is -2.47. The Labute approximate surface area is 224 Å². The third-order valence-corrected chi connectivity index (χ3v) is 7.02. The van der Waals surface area contributed by atoms with E-state index < -0.39 is 60.6 Å². The summed E-state index contributed by atoms with van der Waals surface area (Å²) in [5, 5.41) is 57.5. The molecule has 0 aliphatic heterocycles. The van der Waals surface area contributed by atoms with E-state index in [0.717, 1.165) is 9.36 Å². The van der Waals surface area contributed by atoms with Crippen LogP contribution in [0.4, 0.5) is 0 Å². The van der Waals surface area contributed by atoms with Gasteiger partial charge in [-0.05, 0) is 0 Å². The maximum atomic E-state index is 13.0. The first-order chi connectivity index (χ1) is 19.2. The number of aromatic nitrogens is 6. The van der Waals surface area contributed by atoms with Crippen LogP contribution >= 0.6 is 0 Å². The molecule has 4 N–H and O–H groups in total. The van der Waals surface area contributed by atoms with Gasteiger partial charge in [-0.1, -0.05) is 59.0 Å². The van der Waals surface area contributed by atoms with Gasteiger partial charge >= 0.3 is 0 Å². The number of carbonyl (C=O) groups excluding carboxylic acids is 4. The maximum Gasteiger partial charge on any atom is 0.216 e. The van der Waals surface area contributed by atoms with Crippen LogP contribution < -0.4 is 0 Å². The Morgan fingerprint density at radius 1 is 0.550 bits per heavy atom. The van der Waals surface area contributed by atoms with Gasteiger partial charge in [-0.3, -0.25) is 19.2 Å². The first-order valence-electron chi connectivity index (χ1n) is 12.1. The standard InChI is InChI=1S/C26H20N6O8/c33-15(9-31-19-17(27-29-31)21(35)11-5-1-3-7-13(11)23(19)37)25(39)26(40)16(34)10-32-20-18(28-30-32)22(36)12-6-2-4-8-14(12)24(20)38/h1-8,15-16,25-26,33-34,39-40H,9-10H2/t15-,16-,25-,26-/m1/s1. The van der Waals surface area contributed by atoms with Crippen molar-refractivity contribution >= 4 is 23.1 Å². The van der Waals surface area contributed by atoms with Crippen molar-refractivity contribution in [3.05, 3.63) is 93.6 Å². The van der Waals surface area contributed by atoms with Crippen molar-refractivity contribution in [2.45, 2.75) is 37.5 Å².